The van der Waals surface area contributed by atoms with Crippen LogP contribution in [0, 0.1) is 4.77 Å². The number of hydrogen-bond donors (Lipinski definition) is 1. The second kappa shape index (κ2) is 6.56. The van der Waals surface area contributed by atoms with Crippen LogP contribution in [0.4, 0.5) is 0 Å². The summed E-state index contributed by atoms with van der Waals surface area (Å²) in [6.45, 7) is 0. The van der Waals surface area contributed by atoms with Gasteiger partial charge in [-0.05, 0) is 54.2 Å². The van der Waals surface area contributed by atoms with Crippen molar-refractivity contribution >= 4 is 46.0 Å². The molecule has 0 saturated carbocycles. The van der Waals surface area contributed by atoms with Gasteiger partial charge in [-0.3, -0.25) is 0 Å². The lowest BCUT2D eigenvalue weighted by molar-refractivity contribution is 0.871. The Balaban J connectivity index is 1.97. The molecule has 0 bridgehead atoms. The normalized spacial score (nSPS) is 11.2. The Bertz CT molecular complexity index is 866. The summed E-state index contributed by atoms with van der Waals surface area (Å²) in [7, 11) is 0. The van der Waals surface area contributed by atoms with Crippen LogP contribution in [-0.2, 0) is 0 Å². The number of nitrogens with zero attached hydrogens (tertiary/aromatic N) is 3. The standard InChI is InChI=1S/C15H10BrClN4S/c16-12-5-1-10(2-6-12)9-18-21-14(19-20-15(21)22)11-3-7-13(17)8-4-11/h1-9H,(H,20,22). The van der Waals surface area contributed by atoms with Crippen molar-refractivity contribution in [3.63, 3.8) is 0 Å². The number of nitrogens with one attached hydrogen (secondary N) is 1. The van der Waals surface area contributed by atoms with Crippen LogP contribution in [0.2, 0.25) is 5.02 Å². The highest BCUT2D eigenvalue weighted by molar-refractivity contribution is 9.10. The monoisotopic (exact) mass is 392 g/mol. The Morgan fingerprint density at radius 3 is 2.50 bits per heavy atom. The molecule has 0 aliphatic rings. The molecule has 1 heterocycles. The molecule has 1 aromatic heterocycles. The fourth-order valence-electron chi connectivity index (χ4n) is 1.86. The third kappa shape index (κ3) is 3.35. The third-order valence-electron chi connectivity index (χ3n) is 2.95. The van der Waals surface area contributed by atoms with E-state index in [1.807, 2.05) is 36.4 Å². The zero-order valence-corrected chi connectivity index (χ0v) is 14.4. The van der Waals surface area contributed by atoms with Crippen LogP contribution in [0.5, 0.6) is 0 Å². The van der Waals surface area contributed by atoms with Gasteiger partial charge in [0.1, 0.15) is 0 Å². The molecule has 3 rings (SSSR count). The van der Waals surface area contributed by atoms with E-state index in [-0.39, 0.29) is 0 Å². The van der Waals surface area contributed by atoms with Gasteiger partial charge >= 0.3 is 0 Å². The first kappa shape index (κ1) is 15.1. The van der Waals surface area contributed by atoms with Crippen LogP contribution in [-0.4, -0.2) is 21.1 Å². The second-order valence-electron chi connectivity index (χ2n) is 4.47. The Morgan fingerprint density at radius 1 is 1.14 bits per heavy atom. The summed E-state index contributed by atoms with van der Waals surface area (Å²) < 4.78 is 3.03. The molecule has 0 amide bonds. The molecule has 7 heteroatoms. The number of H-pyrrole nitrogens is 1. The van der Waals surface area contributed by atoms with Gasteiger partial charge in [-0.25, -0.2) is 5.10 Å². The molecule has 2 aromatic carbocycles. The lowest BCUT2D eigenvalue weighted by atomic mass is 10.2. The van der Waals surface area contributed by atoms with Crippen LogP contribution >= 0.6 is 39.7 Å². The Hall–Kier alpha value is -1.76. The van der Waals surface area contributed by atoms with Crippen molar-refractivity contribution < 1.29 is 0 Å². The predicted molar refractivity (Wildman–Crippen MR) is 95.0 cm³/mol. The molecule has 1 N–H and O–H groups in total. The van der Waals surface area contributed by atoms with Crippen molar-refractivity contribution in [3.05, 3.63) is 68.4 Å². The van der Waals surface area contributed by atoms with Gasteiger partial charge in [0.25, 0.3) is 0 Å². The van der Waals surface area contributed by atoms with E-state index >= 15 is 0 Å². The number of hydrogen-bond acceptors (Lipinski definition) is 3. The van der Waals surface area contributed by atoms with Gasteiger partial charge in [0.15, 0.2) is 5.82 Å². The smallest absolute Gasteiger partial charge is 0.216 e. The van der Waals surface area contributed by atoms with Crippen LogP contribution in [0.25, 0.3) is 11.4 Å². The van der Waals surface area contributed by atoms with Gasteiger partial charge in [-0.1, -0.05) is 39.7 Å². The van der Waals surface area contributed by atoms with Crippen molar-refractivity contribution in [1.29, 1.82) is 0 Å². The topological polar surface area (TPSA) is 46.0 Å². The maximum absolute atomic E-state index is 5.91. The van der Waals surface area contributed by atoms with E-state index in [4.69, 9.17) is 23.8 Å². The van der Waals surface area contributed by atoms with Gasteiger partial charge in [0.2, 0.25) is 4.77 Å². The summed E-state index contributed by atoms with van der Waals surface area (Å²) in [5.41, 5.74) is 1.85. The van der Waals surface area contributed by atoms with E-state index in [2.05, 4.69) is 31.2 Å². The van der Waals surface area contributed by atoms with Crippen LogP contribution < -0.4 is 0 Å². The molecule has 0 atom stereocenters. The molecular formula is C15H10BrClN4S. The van der Waals surface area contributed by atoms with E-state index in [0.29, 0.717) is 15.6 Å². The fourth-order valence-corrected chi connectivity index (χ4v) is 2.43. The van der Waals surface area contributed by atoms with E-state index in [1.165, 1.54) is 0 Å². The van der Waals surface area contributed by atoms with Gasteiger partial charge in [-0.2, -0.15) is 14.9 Å². The summed E-state index contributed by atoms with van der Waals surface area (Å²) in [5, 5.41) is 12.1. The van der Waals surface area contributed by atoms with Crippen molar-refractivity contribution in [1.82, 2.24) is 14.9 Å². The molecule has 4 nitrogen and oxygen atoms in total. The van der Waals surface area contributed by atoms with Gasteiger partial charge in [0.05, 0.1) is 6.21 Å². The molecule has 0 aliphatic heterocycles. The molecule has 110 valence electrons. The highest BCUT2D eigenvalue weighted by Crippen LogP contribution is 2.20. The van der Waals surface area contributed by atoms with Gasteiger partial charge < -0.3 is 0 Å². The van der Waals surface area contributed by atoms with Crippen molar-refractivity contribution in [3.8, 4) is 11.4 Å². The molecule has 3 aromatic rings. The van der Waals surface area contributed by atoms with Crippen LogP contribution in [0.1, 0.15) is 5.56 Å². The summed E-state index contributed by atoms with van der Waals surface area (Å²) in [5.74, 6) is 0.634. The average molecular weight is 394 g/mol. The Labute approximate surface area is 145 Å². The molecule has 0 radical (unpaired) electrons. The van der Waals surface area contributed by atoms with Crippen LogP contribution in [0.3, 0.4) is 0 Å². The molecule has 0 unspecified atom stereocenters. The maximum atomic E-state index is 5.91. The molecule has 0 spiro atoms. The minimum absolute atomic E-state index is 0.429. The van der Waals surface area contributed by atoms with Crippen molar-refractivity contribution in [2.45, 2.75) is 0 Å². The van der Waals surface area contributed by atoms with Crippen LogP contribution in [0.15, 0.2) is 58.1 Å². The molecule has 0 aliphatic carbocycles. The van der Waals surface area contributed by atoms with E-state index in [0.717, 1.165) is 15.6 Å². The number of aromatic amines is 1. The number of halogens is 2. The number of aromatic nitrogens is 3. The second-order valence-corrected chi connectivity index (χ2v) is 6.21. The highest BCUT2D eigenvalue weighted by atomic mass is 79.9. The third-order valence-corrected chi connectivity index (χ3v) is 3.99. The van der Waals surface area contributed by atoms with Gasteiger partial charge in [-0.15, -0.1) is 0 Å². The predicted octanol–water partition coefficient (Wildman–Crippen LogP) is 4.91. The molecule has 0 saturated heterocycles. The van der Waals surface area contributed by atoms with E-state index in [9.17, 15) is 0 Å². The highest BCUT2D eigenvalue weighted by Gasteiger charge is 2.07. The quantitative estimate of drug-likeness (QED) is 0.508. The first-order chi connectivity index (χ1) is 10.6. The minimum atomic E-state index is 0.429. The number of benzene rings is 2. The maximum Gasteiger partial charge on any atom is 0.216 e. The molecule has 22 heavy (non-hydrogen) atoms. The zero-order chi connectivity index (χ0) is 15.5. The van der Waals surface area contributed by atoms with Crippen molar-refractivity contribution in [2.24, 2.45) is 5.10 Å². The lowest BCUT2D eigenvalue weighted by Crippen LogP contribution is -1.95. The summed E-state index contributed by atoms with van der Waals surface area (Å²) in [6.07, 6.45) is 1.73. The van der Waals surface area contributed by atoms with Crippen molar-refractivity contribution in [2.75, 3.05) is 0 Å². The van der Waals surface area contributed by atoms with E-state index < -0.39 is 0 Å². The molecular weight excluding hydrogens is 384 g/mol. The summed E-state index contributed by atoms with van der Waals surface area (Å²) >= 11 is 14.5. The SMILES string of the molecule is S=c1[nH]nc(-c2ccc(Cl)cc2)n1N=Cc1ccc(Br)cc1. The first-order valence-corrected chi connectivity index (χ1v) is 7.95. The lowest BCUT2D eigenvalue weighted by Gasteiger charge is -2.01. The van der Waals surface area contributed by atoms with Gasteiger partial charge in [0, 0.05) is 15.1 Å². The molecule has 0 fully saturated rings. The largest absolute Gasteiger partial charge is 0.250 e. The Morgan fingerprint density at radius 2 is 1.82 bits per heavy atom. The summed E-state index contributed by atoms with van der Waals surface area (Å²) in [4.78, 5) is 0. The first-order valence-electron chi connectivity index (χ1n) is 6.37. The van der Waals surface area contributed by atoms with E-state index in [1.54, 1.807) is 23.0 Å². The Kier molecular flexibility index (Phi) is 4.52. The average Bonchev–Trinajstić information content (AvgIpc) is 2.89. The summed E-state index contributed by atoms with van der Waals surface area (Å²) in [6, 6.07) is 15.2. The number of rotatable bonds is 3. The zero-order valence-electron chi connectivity index (χ0n) is 11.2. The minimum Gasteiger partial charge on any atom is -0.250 e. The fraction of sp³-hybridized carbons (Fsp3) is 0.